The molecule has 0 fully saturated rings. The second-order valence-electron chi connectivity index (χ2n) is 4.72. The zero-order valence-corrected chi connectivity index (χ0v) is 12.3. The summed E-state index contributed by atoms with van der Waals surface area (Å²) in [5.74, 6) is 1.53. The third kappa shape index (κ3) is 3.28. The minimum absolute atomic E-state index is 0.397. The van der Waals surface area contributed by atoms with E-state index in [1.807, 2.05) is 37.4 Å². The van der Waals surface area contributed by atoms with Crippen molar-refractivity contribution in [3.63, 3.8) is 0 Å². The summed E-state index contributed by atoms with van der Waals surface area (Å²) >= 11 is 5.67. The van der Waals surface area contributed by atoms with Gasteiger partial charge in [-0.15, -0.1) is 26.9 Å². The molecule has 0 amide bonds. The van der Waals surface area contributed by atoms with Gasteiger partial charge in [0.25, 0.3) is 0 Å². The monoisotopic (exact) mass is 303 g/mol. The van der Waals surface area contributed by atoms with Crippen LogP contribution in [0.25, 0.3) is 11.5 Å². The molecule has 0 aliphatic rings. The van der Waals surface area contributed by atoms with Crippen molar-refractivity contribution in [3.8, 4) is 11.5 Å². The first-order valence-corrected chi connectivity index (χ1v) is 7.12. The van der Waals surface area contributed by atoms with Crippen LogP contribution in [-0.2, 0) is 13.0 Å². The average Bonchev–Trinajstić information content (AvgIpc) is 3.10. The Hall–Kier alpha value is -2.21. The summed E-state index contributed by atoms with van der Waals surface area (Å²) in [5.41, 5.74) is 2.91. The zero-order valence-electron chi connectivity index (χ0n) is 11.5. The van der Waals surface area contributed by atoms with Crippen molar-refractivity contribution in [2.45, 2.75) is 19.9 Å². The van der Waals surface area contributed by atoms with Crippen molar-refractivity contribution < 1.29 is 4.42 Å². The molecule has 7 heteroatoms. The van der Waals surface area contributed by atoms with Gasteiger partial charge in [-0.3, -0.25) is 0 Å². The number of aryl methyl sites for hydroxylation is 2. The first-order valence-electron chi connectivity index (χ1n) is 6.59. The highest BCUT2D eigenvalue weighted by molar-refractivity contribution is 6.17. The van der Waals surface area contributed by atoms with E-state index in [9.17, 15) is 0 Å². The fourth-order valence-electron chi connectivity index (χ4n) is 1.98. The van der Waals surface area contributed by atoms with Crippen LogP contribution >= 0.6 is 11.6 Å². The van der Waals surface area contributed by atoms with E-state index in [-0.39, 0.29) is 0 Å². The highest BCUT2D eigenvalue weighted by Crippen LogP contribution is 2.19. The molecule has 0 aliphatic carbocycles. The van der Waals surface area contributed by atoms with Crippen molar-refractivity contribution in [1.82, 2.24) is 25.2 Å². The number of hydrogen-bond acceptors (Lipinski definition) is 5. The fraction of sp³-hybridized carbons (Fsp3) is 0.286. The van der Waals surface area contributed by atoms with Crippen molar-refractivity contribution in [1.29, 1.82) is 0 Å². The predicted molar refractivity (Wildman–Crippen MR) is 78.0 cm³/mol. The van der Waals surface area contributed by atoms with Crippen LogP contribution < -0.4 is 0 Å². The van der Waals surface area contributed by atoms with Gasteiger partial charge in [0.15, 0.2) is 0 Å². The second kappa shape index (κ2) is 6.05. The van der Waals surface area contributed by atoms with E-state index in [1.54, 1.807) is 4.68 Å². The quantitative estimate of drug-likeness (QED) is 0.677. The summed E-state index contributed by atoms with van der Waals surface area (Å²) < 4.78 is 7.32. The maximum atomic E-state index is 5.67. The van der Waals surface area contributed by atoms with Crippen LogP contribution in [0.15, 0.2) is 34.9 Å². The molecule has 108 valence electrons. The van der Waals surface area contributed by atoms with Gasteiger partial charge in [-0.25, -0.2) is 4.68 Å². The fourth-order valence-corrected chi connectivity index (χ4v) is 2.17. The van der Waals surface area contributed by atoms with E-state index in [1.165, 1.54) is 0 Å². The molecule has 0 unspecified atom stereocenters. The number of benzene rings is 1. The summed E-state index contributed by atoms with van der Waals surface area (Å²) in [4.78, 5) is 0. The summed E-state index contributed by atoms with van der Waals surface area (Å²) in [6.45, 7) is 2.42. The third-order valence-corrected chi connectivity index (χ3v) is 3.15. The Labute approximate surface area is 126 Å². The molecular formula is C14H14ClN5O. The molecule has 0 N–H and O–H groups in total. The summed E-state index contributed by atoms with van der Waals surface area (Å²) in [7, 11) is 0. The first kappa shape index (κ1) is 13.8. The molecule has 0 atom stereocenters. The van der Waals surface area contributed by atoms with E-state index in [0.717, 1.165) is 16.8 Å². The second-order valence-corrected chi connectivity index (χ2v) is 5.09. The van der Waals surface area contributed by atoms with Crippen LogP contribution in [0.2, 0.25) is 0 Å². The normalized spacial score (nSPS) is 11.0. The molecule has 3 aromatic rings. The Morgan fingerprint density at radius 1 is 1.24 bits per heavy atom. The van der Waals surface area contributed by atoms with Crippen LogP contribution in [0.5, 0.6) is 0 Å². The lowest BCUT2D eigenvalue weighted by Crippen LogP contribution is -2.00. The van der Waals surface area contributed by atoms with Crippen LogP contribution in [0.1, 0.15) is 17.1 Å². The molecule has 0 spiro atoms. The molecule has 6 nitrogen and oxygen atoms in total. The molecule has 0 bridgehead atoms. The topological polar surface area (TPSA) is 69.6 Å². The lowest BCUT2D eigenvalue weighted by Gasteiger charge is -1.96. The van der Waals surface area contributed by atoms with E-state index >= 15 is 0 Å². The van der Waals surface area contributed by atoms with Gasteiger partial charge in [0, 0.05) is 24.1 Å². The molecule has 2 heterocycles. The van der Waals surface area contributed by atoms with Gasteiger partial charge >= 0.3 is 0 Å². The van der Waals surface area contributed by atoms with Gasteiger partial charge in [0.05, 0.1) is 5.69 Å². The SMILES string of the molecule is Cc1cccc(-c2nnc(Cn3cc(CCCl)nn3)o2)c1. The maximum Gasteiger partial charge on any atom is 0.247 e. The van der Waals surface area contributed by atoms with Crippen LogP contribution in [-0.4, -0.2) is 31.1 Å². The Bertz CT molecular complexity index is 736. The maximum absolute atomic E-state index is 5.67. The predicted octanol–water partition coefficient (Wildman–Crippen LogP) is 2.47. The number of rotatable bonds is 5. The number of hydrogen-bond donors (Lipinski definition) is 0. The number of alkyl halides is 1. The van der Waals surface area contributed by atoms with E-state index in [0.29, 0.717) is 30.6 Å². The van der Waals surface area contributed by atoms with Gasteiger partial charge in [-0.05, 0) is 19.1 Å². The van der Waals surface area contributed by atoms with E-state index < -0.39 is 0 Å². The summed E-state index contributed by atoms with van der Waals surface area (Å²) in [5, 5.41) is 16.1. The smallest absolute Gasteiger partial charge is 0.247 e. The van der Waals surface area contributed by atoms with Crippen LogP contribution in [0.3, 0.4) is 0 Å². The lowest BCUT2D eigenvalue weighted by atomic mass is 10.1. The van der Waals surface area contributed by atoms with Crippen LogP contribution in [0.4, 0.5) is 0 Å². The molecule has 0 saturated heterocycles. The number of aromatic nitrogens is 5. The molecular weight excluding hydrogens is 290 g/mol. The lowest BCUT2D eigenvalue weighted by molar-refractivity contribution is 0.469. The van der Waals surface area contributed by atoms with Gasteiger partial charge in [-0.1, -0.05) is 22.9 Å². The molecule has 0 saturated carbocycles. The standard InChI is InChI=1S/C14H14ClN5O/c1-10-3-2-4-11(7-10)14-18-17-13(21-14)9-20-8-12(5-6-15)16-19-20/h2-4,7-8H,5-6,9H2,1H3. The molecule has 0 radical (unpaired) electrons. The Morgan fingerprint density at radius 3 is 2.95 bits per heavy atom. The minimum atomic E-state index is 0.397. The molecule has 21 heavy (non-hydrogen) atoms. The van der Waals surface area contributed by atoms with Crippen LogP contribution in [0, 0.1) is 6.92 Å². The van der Waals surface area contributed by atoms with Crippen molar-refractivity contribution >= 4 is 11.6 Å². The Morgan fingerprint density at radius 2 is 2.14 bits per heavy atom. The molecule has 0 aliphatic heterocycles. The molecule has 2 aromatic heterocycles. The minimum Gasteiger partial charge on any atom is -0.419 e. The van der Waals surface area contributed by atoms with Gasteiger partial charge in [0.1, 0.15) is 6.54 Å². The van der Waals surface area contributed by atoms with Gasteiger partial charge in [-0.2, -0.15) is 0 Å². The van der Waals surface area contributed by atoms with E-state index in [4.69, 9.17) is 16.0 Å². The van der Waals surface area contributed by atoms with E-state index in [2.05, 4.69) is 20.5 Å². The highest BCUT2D eigenvalue weighted by Gasteiger charge is 2.10. The zero-order chi connectivity index (χ0) is 14.7. The first-order chi connectivity index (χ1) is 10.2. The van der Waals surface area contributed by atoms with Gasteiger partial charge in [0.2, 0.25) is 11.8 Å². The third-order valence-electron chi connectivity index (χ3n) is 2.97. The van der Waals surface area contributed by atoms with Crippen molar-refractivity contribution in [2.24, 2.45) is 0 Å². The molecule has 3 rings (SSSR count). The van der Waals surface area contributed by atoms with Crippen molar-refractivity contribution in [3.05, 3.63) is 47.6 Å². The largest absolute Gasteiger partial charge is 0.419 e. The number of nitrogens with zero attached hydrogens (tertiary/aromatic N) is 5. The Balaban J connectivity index is 1.75. The molecule has 1 aromatic carbocycles. The average molecular weight is 304 g/mol. The summed E-state index contributed by atoms with van der Waals surface area (Å²) in [6.07, 6.45) is 2.53. The van der Waals surface area contributed by atoms with Crippen molar-refractivity contribution in [2.75, 3.05) is 5.88 Å². The Kier molecular flexibility index (Phi) is 3.96. The van der Waals surface area contributed by atoms with Gasteiger partial charge < -0.3 is 4.42 Å². The summed E-state index contributed by atoms with van der Waals surface area (Å²) in [6, 6.07) is 7.93. The number of halogens is 1. The highest BCUT2D eigenvalue weighted by atomic mass is 35.5.